The lowest BCUT2D eigenvalue weighted by Crippen LogP contribution is -2.32. The van der Waals surface area contributed by atoms with Crippen molar-refractivity contribution in [1.29, 1.82) is 0 Å². The van der Waals surface area contributed by atoms with E-state index in [1.165, 1.54) is 44.2 Å². The molecule has 17 heavy (non-hydrogen) atoms. The summed E-state index contributed by atoms with van der Waals surface area (Å²) < 4.78 is 18.5. The molecule has 0 aromatic heterocycles. The first-order valence-electron chi connectivity index (χ1n) is 6.23. The molecule has 1 aromatic rings. The fourth-order valence-corrected chi connectivity index (χ4v) is 2.82. The van der Waals surface area contributed by atoms with Crippen LogP contribution in [-0.4, -0.2) is 12.4 Å². The Labute approximate surface area is 108 Å². The van der Waals surface area contributed by atoms with Gasteiger partial charge in [-0.3, -0.25) is 0 Å². The number of halogens is 1. The SMILES string of the molecule is Fc1ccc(OCC2(CS)CCCCC2)cc1. The normalized spacial score (nSPS) is 18.9. The second-order valence-corrected chi connectivity index (χ2v) is 5.28. The van der Waals surface area contributed by atoms with Gasteiger partial charge in [0.05, 0.1) is 6.61 Å². The van der Waals surface area contributed by atoms with Gasteiger partial charge in [-0.15, -0.1) is 0 Å². The summed E-state index contributed by atoms with van der Waals surface area (Å²) in [5.74, 6) is 1.39. The van der Waals surface area contributed by atoms with Crippen LogP contribution in [0.4, 0.5) is 4.39 Å². The maximum atomic E-state index is 12.8. The van der Waals surface area contributed by atoms with Crippen LogP contribution < -0.4 is 4.74 Å². The predicted molar refractivity (Wildman–Crippen MR) is 71.3 cm³/mol. The molecule has 1 aromatic carbocycles. The fraction of sp³-hybridized carbons (Fsp3) is 0.571. The monoisotopic (exact) mass is 254 g/mol. The molecule has 0 spiro atoms. The number of hydrogen-bond acceptors (Lipinski definition) is 2. The van der Waals surface area contributed by atoms with E-state index in [-0.39, 0.29) is 11.2 Å². The van der Waals surface area contributed by atoms with E-state index in [4.69, 9.17) is 4.74 Å². The molecule has 0 unspecified atom stereocenters. The molecular formula is C14H19FOS. The summed E-state index contributed by atoms with van der Waals surface area (Å²) >= 11 is 4.47. The lowest BCUT2D eigenvalue weighted by Gasteiger charge is -2.35. The standard InChI is InChI=1S/C14H19FOS/c15-12-4-6-13(7-5-12)16-10-14(11-17)8-2-1-3-9-14/h4-7,17H,1-3,8-11H2. The molecule has 0 amide bonds. The minimum atomic E-state index is -0.223. The molecule has 1 aliphatic carbocycles. The van der Waals surface area contributed by atoms with E-state index in [9.17, 15) is 4.39 Å². The first kappa shape index (κ1) is 12.7. The minimum absolute atomic E-state index is 0.218. The largest absolute Gasteiger partial charge is 0.493 e. The molecule has 1 saturated carbocycles. The third-order valence-electron chi connectivity index (χ3n) is 3.61. The maximum absolute atomic E-state index is 12.8. The smallest absolute Gasteiger partial charge is 0.123 e. The Morgan fingerprint density at radius 1 is 1.12 bits per heavy atom. The van der Waals surface area contributed by atoms with Crippen molar-refractivity contribution in [2.45, 2.75) is 32.1 Å². The molecule has 0 N–H and O–H groups in total. The van der Waals surface area contributed by atoms with Gasteiger partial charge in [-0.25, -0.2) is 4.39 Å². The molecule has 1 fully saturated rings. The van der Waals surface area contributed by atoms with Gasteiger partial charge in [0.1, 0.15) is 11.6 Å². The van der Waals surface area contributed by atoms with Crippen molar-refractivity contribution in [3.63, 3.8) is 0 Å². The molecule has 0 radical (unpaired) electrons. The van der Waals surface area contributed by atoms with Gasteiger partial charge in [-0.05, 0) is 42.9 Å². The molecule has 0 atom stereocenters. The van der Waals surface area contributed by atoms with E-state index in [2.05, 4.69) is 12.6 Å². The van der Waals surface area contributed by atoms with Crippen LogP contribution in [0.5, 0.6) is 5.75 Å². The van der Waals surface area contributed by atoms with Crippen LogP contribution in [0, 0.1) is 11.2 Å². The summed E-state index contributed by atoms with van der Waals surface area (Å²) in [4.78, 5) is 0. The van der Waals surface area contributed by atoms with Crippen molar-refractivity contribution in [3.8, 4) is 5.75 Å². The molecule has 0 aliphatic heterocycles. The highest BCUT2D eigenvalue weighted by Crippen LogP contribution is 2.37. The Bertz CT molecular complexity index is 344. The summed E-state index contributed by atoms with van der Waals surface area (Å²) in [5.41, 5.74) is 0.218. The van der Waals surface area contributed by atoms with Crippen LogP contribution in [0.15, 0.2) is 24.3 Å². The first-order chi connectivity index (χ1) is 8.24. The Hall–Kier alpha value is -0.700. The molecule has 0 heterocycles. The Morgan fingerprint density at radius 2 is 1.76 bits per heavy atom. The molecule has 1 aliphatic rings. The zero-order valence-corrected chi connectivity index (χ0v) is 10.9. The van der Waals surface area contributed by atoms with Crippen molar-refractivity contribution in [2.75, 3.05) is 12.4 Å². The lowest BCUT2D eigenvalue weighted by atomic mass is 9.76. The highest BCUT2D eigenvalue weighted by molar-refractivity contribution is 7.80. The Morgan fingerprint density at radius 3 is 2.35 bits per heavy atom. The van der Waals surface area contributed by atoms with Crippen molar-refractivity contribution >= 4 is 12.6 Å². The third kappa shape index (κ3) is 3.38. The third-order valence-corrected chi connectivity index (χ3v) is 4.28. The van der Waals surface area contributed by atoms with Crippen LogP contribution >= 0.6 is 12.6 Å². The minimum Gasteiger partial charge on any atom is -0.493 e. The van der Waals surface area contributed by atoms with Crippen molar-refractivity contribution in [1.82, 2.24) is 0 Å². The van der Waals surface area contributed by atoms with Crippen LogP contribution in [-0.2, 0) is 0 Å². The van der Waals surface area contributed by atoms with E-state index in [1.54, 1.807) is 12.1 Å². The second-order valence-electron chi connectivity index (χ2n) is 4.96. The van der Waals surface area contributed by atoms with Gasteiger partial charge in [0.15, 0.2) is 0 Å². The molecule has 0 saturated heterocycles. The van der Waals surface area contributed by atoms with E-state index < -0.39 is 0 Å². The van der Waals surface area contributed by atoms with Gasteiger partial charge in [-0.2, -0.15) is 12.6 Å². The highest BCUT2D eigenvalue weighted by Gasteiger charge is 2.31. The first-order valence-corrected chi connectivity index (χ1v) is 6.87. The topological polar surface area (TPSA) is 9.23 Å². The van der Waals surface area contributed by atoms with Gasteiger partial charge < -0.3 is 4.74 Å². The summed E-state index contributed by atoms with van der Waals surface area (Å²) in [6, 6.07) is 6.24. The van der Waals surface area contributed by atoms with E-state index >= 15 is 0 Å². The summed E-state index contributed by atoms with van der Waals surface area (Å²) in [6.07, 6.45) is 6.25. The second kappa shape index (κ2) is 5.76. The summed E-state index contributed by atoms with van der Waals surface area (Å²) in [7, 11) is 0. The quantitative estimate of drug-likeness (QED) is 0.796. The summed E-state index contributed by atoms with van der Waals surface area (Å²) in [6.45, 7) is 0.697. The van der Waals surface area contributed by atoms with Gasteiger partial charge in [0.25, 0.3) is 0 Å². The van der Waals surface area contributed by atoms with Crippen LogP contribution in [0.3, 0.4) is 0 Å². The average Bonchev–Trinajstić information content (AvgIpc) is 2.39. The number of benzene rings is 1. The van der Waals surface area contributed by atoms with Crippen molar-refractivity contribution in [2.24, 2.45) is 5.41 Å². The number of hydrogen-bond donors (Lipinski definition) is 1. The van der Waals surface area contributed by atoms with E-state index in [1.807, 2.05) is 0 Å². The van der Waals surface area contributed by atoms with Crippen molar-refractivity contribution < 1.29 is 9.13 Å². The number of rotatable bonds is 4. The fourth-order valence-electron chi connectivity index (χ4n) is 2.42. The predicted octanol–water partition coefficient (Wildman–Crippen LogP) is 4.08. The molecule has 2 rings (SSSR count). The zero-order chi connectivity index (χ0) is 12.1. The summed E-state index contributed by atoms with van der Waals surface area (Å²) in [5, 5.41) is 0. The maximum Gasteiger partial charge on any atom is 0.123 e. The molecular weight excluding hydrogens is 235 g/mol. The molecule has 94 valence electrons. The molecule has 0 bridgehead atoms. The van der Waals surface area contributed by atoms with Crippen LogP contribution in [0.2, 0.25) is 0 Å². The zero-order valence-electron chi connectivity index (χ0n) is 9.99. The van der Waals surface area contributed by atoms with Crippen molar-refractivity contribution in [3.05, 3.63) is 30.1 Å². The number of ether oxygens (including phenoxy) is 1. The molecule has 3 heteroatoms. The molecule has 1 nitrogen and oxygen atoms in total. The van der Waals surface area contributed by atoms with E-state index in [0.717, 1.165) is 11.5 Å². The Balaban J connectivity index is 1.93. The average molecular weight is 254 g/mol. The lowest BCUT2D eigenvalue weighted by molar-refractivity contribution is 0.121. The van der Waals surface area contributed by atoms with Crippen LogP contribution in [0.1, 0.15) is 32.1 Å². The highest BCUT2D eigenvalue weighted by atomic mass is 32.1. The number of thiol groups is 1. The van der Waals surface area contributed by atoms with Gasteiger partial charge >= 0.3 is 0 Å². The van der Waals surface area contributed by atoms with Gasteiger partial charge in [-0.1, -0.05) is 19.3 Å². The van der Waals surface area contributed by atoms with E-state index in [0.29, 0.717) is 6.61 Å². The Kier molecular flexibility index (Phi) is 4.32. The van der Waals surface area contributed by atoms with Gasteiger partial charge in [0, 0.05) is 5.41 Å². The van der Waals surface area contributed by atoms with Crippen LogP contribution in [0.25, 0.3) is 0 Å². The van der Waals surface area contributed by atoms with Gasteiger partial charge in [0.2, 0.25) is 0 Å².